The molecule has 0 aromatic carbocycles. The molecule has 3 heterocycles. The van der Waals surface area contributed by atoms with E-state index < -0.39 is 9.84 Å². The third-order valence-corrected chi connectivity index (χ3v) is 4.87. The van der Waals surface area contributed by atoms with Crippen LogP contribution in [0.2, 0.25) is 0 Å². The summed E-state index contributed by atoms with van der Waals surface area (Å²) in [7, 11) is -1.09. The molecule has 7 nitrogen and oxygen atoms in total. The Morgan fingerprint density at radius 3 is 3.00 bits per heavy atom. The van der Waals surface area contributed by atoms with Crippen molar-refractivity contribution < 1.29 is 8.42 Å². The lowest BCUT2D eigenvalue weighted by Gasteiger charge is -2.11. The number of hydrogen-bond donors (Lipinski definition) is 1. The van der Waals surface area contributed by atoms with Gasteiger partial charge in [0.2, 0.25) is 0 Å². The largest absolute Gasteiger partial charge is 0.366 e. The molecule has 0 bridgehead atoms. The summed E-state index contributed by atoms with van der Waals surface area (Å²) < 4.78 is 24.5. The molecule has 2 aromatic heterocycles. The van der Waals surface area contributed by atoms with E-state index in [4.69, 9.17) is 0 Å². The smallest absolute Gasteiger partial charge is 0.163 e. The van der Waals surface area contributed by atoms with Gasteiger partial charge in [-0.2, -0.15) is 5.10 Å². The first-order valence-electron chi connectivity index (χ1n) is 5.65. The third-order valence-electron chi connectivity index (χ3n) is 3.10. The van der Waals surface area contributed by atoms with Gasteiger partial charge in [-0.05, 0) is 6.42 Å². The topological polar surface area (TPSA) is 89.8 Å². The molecular weight excluding hydrogens is 254 g/mol. The van der Waals surface area contributed by atoms with E-state index in [-0.39, 0.29) is 17.5 Å². The van der Waals surface area contributed by atoms with Crippen LogP contribution in [0.4, 0.5) is 5.82 Å². The third kappa shape index (κ3) is 1.92. The highest BCUT2D eigenvalue weighted by atomic mass is 32.2. The summed E-state index contributed by atoms with van der Waals surface area (Å²) in [6, 6.07) is -0.0756. The molecular formula is C10H13N5O2S. The number of sulfone groups is 1. The van der Waals surface area contributed by atoms with Crippen molar-refractivity contribution in [1.29, 1.82) is 0 Å². The minimum atomic E-state index is -2.89. The molecule has 0 radical (unpaired) electrons. The minimum Gasteiger partial charge on any atom is -0.366 e. The van der Waals surface area contributed by atoms with Crippen molar-refractivity contribution in [2.45, 2.75) is 12.5 Å². The van der Waals surface area contributed by atoms with Crippen molar-refractivity contribution >= 4 is 26.7 Å². The number of hydrogen-bond acceptors (Lipinski definition) is 6. The Balaban J connectivity index is 1.92. The van der Waals surface area contributed by atoms with Crippen LogP contribution in [0.5, 0.6) is 0 Å². The van der Waals surface area contributed by atoms with Crippen LogP contribution in [0.1, 0.15) is 6.42 Å². The quantitative estimate of drug-likeness (QED) is 0.821. The summed E-state index contributed by atoms with van der Waals surface area (Å²) in [6.45, 7) is 0. The van der Waals surface area contributed by atoms with Crippen LogP contribution in [0.3, 0.4) is 0 Å². The Morgan fingerprint density at radius 2 is 2.28 bits per heavy atom. The summed E-state index contributed by atoms with van der Waals surface area (Å²) in [5, 5.41) is 8.09. The van der Waals surface area contributed by atoms with Gasteiger partial charge in [0.15, 0.2) is 15.5 Å². The van der Waals surface area contributed by atoms with Gasteiger partial charge in [0, 0.05) is 13.1 Å². The molecule has 0 spiro atoms. The van der Waals surface area contributed by atoms with Crippen LogP contribution in [0, 0.1) is 0 Å². The summed E-state index contributed by atoms with van der Waals surface area (Å²) in [6.07, 6.45) is 3.75. The Kier molecular flexibility index (Phi) is 2.47. The fraction of sp³-hybridized carbons (Fsp3) is 0.500. The Labute approximate surface area is 104 Å². The van der Waals surface area contributed by atoms with Gasteiger partial charge < -0.3 is 5.32 Å². The second-order valence-electron chi connectivity index (χ2n) is 4.47. The van der Waals surface area contributed by atoms with E-state index in [1.165, 1.54) is 6.33 Å². The van der Waals surface area contributed by atoms with Gasteiger partial charge >= 0.3 is 0 Å². The number of anilines is 1. The highest BCUT2D eigenvalue weighted by Gasteiger charge is 2.28. The van der Waals surface area contributed by atoms with Crippen molar-refractivity contribution in [3.05, 3.63) is 12.5 Å². The molecule has 1 N–H and O–H groups in total. The van der Waals surface area contributed by atoms with Gasteiger partial charge in [-0.25, -0.2) is 18.4 Å². The zero-order chi connectivity index (χ0) is 12.8. The minimum absolute atomic E-state index is 0.0756. The van der Waals surface area contributed by atoms with E-state index in [9.17, 15) is 8.42 Å². The number of aromatic nitrogens is 4. The molecule has 3 rings (SSSR count). The van der Waals surface area contributed by atoms with Crippen LogP contribution in [0.15, 0.2) is 12.5 Å². The van der Waals surface area contributed by atoms with Gasteiger partial charge in [-0.1, -0.05) is 0 Å². The highest BCUT2D eigenvalue weighted by Crippen LogP contribution is 2.21. The van der Waals surface area contributed by atoms with Gasteiger partial charge in [0.05, 0.1) is 23.1 Å². The molecule has 1 aliphatic rings. The van der Waals surface area contributed by atoms with Crippen LogP contribution < -0.4 is 5.32 Å². The lowest BCUT2D eigenvalue weighted by atomic mass is 10.2. The van der Waals surface area contributed by atoms with Crippen LogP contribution in [-0.4, -0.2) is 45.7 Å². The average molecular weight is 267 g/mol. The van der Waals surface area contributed by atoms with E-state index in [1.54, 1.807) is 17.9 Å². The summed E-state index contributed by atoms with van der Waals surface area (Å²) in [5.74, 6) is 1.06. The Morgan fingerprint density at radius 1 is 1.44 bits per heavy atom. The molecule has 0 saturated carbocycles. The molecule has 1 fully saturated rings. The summed E-state index contributed by atoms with van der Waals surface area (Å²) >= 11 is 0. The second kappa shape index (κ2) is 3.91. The van der Waals surface area contributed by atoms with Crippen LogP contribution in [-0.2, 0) is 16.9 Å². The molecule has 0 amide bonds. The van der Waals surface area contributed by atoms with Crippen molar-refractivity contribution in [3.63, 3.8) is 0 Å². The van der Waals surface area contributed by atoms with Crippen molar-refractivity contribution in [2.75, 3.05) is 16.8 Å². The Bertz CT molecular complexity index is 693. The highest BCUT2D eigenvalue weighted by molar-refractivity contribution is 7.91. The number of nitrogens with one attached hydrogen (secondary N) is 1. The van der Waals surface area contributed by atoms with E-state index in [2.05, 4.69) is 20.4 Å². The molecule has 18 heavy (non-hydrogen) atoms. The number of aryl methyl sites for hydroxylation is 1. The maximum absolute atomic E-state index is 11.4. The fourth-order valence-electron chi connectivity index (χ4n) is 2.18. The first-order valence-corrected chi connectivity index (χ1v) is 7.47. The van der Waals surface area contributed by atoms with Crippen molar-refractivity contribution in [1.82, 2.24) is 19.7 Å². The first kappa shape index (κ1) is 11.4. The SMILES string of the molecule is Cn1ncc2c(N[C@@H]3CCS(=O)(=O)C3)ncnc21. The summed E-state index contributed by atoms with van der Waals surface area (Å²) in [4.78, 5) is 8.30. The molecule has 2 aromatic rings. The zero-order valence-electron chi connectivity index (χ0n) is 9.87. The average Bonchev–Trinajstić information content (AvgIpc) is 2.84. The maximum atomic E-state index is 11.4. The zero-order valence-corrected chi connectivity index (χ0v) is 10.7. The normalized spacial score (nSPS) is 22.4. The van der Waals surface area contributed by atoms with Crippen LogP contribution in [0.25, 0.3) is 11.0 Å². The molecule has 0 unspecified atom stereocenters. The Hall–Kier alpha value is -1.70. The molecule has 1 aliphatic heterocycles. The standard InChI is InChI=1S/C10H13N5O2S/c1-15-10-8(4-13-15)9(11-6-12-10)14-7-2-3-18(16,17)5-7/h4,6-7H,2-3,5H2,1H3,(H,11,12,14)/t7-/m1/s1. The lowest BCUT2D eigenvalue weighted by molar-refractivity contribution is 0.602. The monoisotopic (exact) mass is 267 g/mol. The number of nitrogens with zero attached hydrogens (tertiary/aromatic N) is 4. The van der Waals surface area contributed by atoms with E-state index in [0.29, 0.717) is 12.2 Å². The first-order chi connectivity index (χ1) is 8.55. The predicted octanol–water partition coefficient (Wildman–Crippen LogP) is -0.0377. The fourth-order valence-corrected chi connectivity index (χ4v) is 3.85. The second-order valence-corrected chi connectivity index (χ2v) is 6.70. The van der Waals surface area contributed by atoms with Gasteiger partial charge in [-0.15, -0.1) is 0 Å². The van der Waals surface area contributed by atoms with E-state index in [1.807, 2.05) is 0 Å². The van der Waals surface area contributed by atoms with Gasteiger partial charge in [-0.3, -0.25) is 4.68 Å². The predicted molar refractivity (Wildman–Crippen MR) is 67.0 cm³/mol. The molecule has 96 valence electrons. The summed E-state index contributed by atoms with van der Waals surface area (Å²) in [5.41, 5.74) is 0.730. The van der Waals surface area contributed by atoms with Gasteiger partial charge in [0.1, 0.15) is 12.1 Å². The van der Waals surface area contributed by atoms with Gasteiger partial charge in [0.25, 0.3) is 0 Å². The molecule has 0 aliphatic carbocycles. The van der Waals surface area contributed by atoms with Crippen molar-refractivity contribution in [2.24, 2.45) is 7.05 Å². The van der Waals surface area contributed by atoms with E-state index in [0.717, 1.165) is 11.0 Å². The van der Waals surface area contributed by atoms with Crippen LogP contribution >= 0.6 is 0 Å². The van der Waals surface area contributed by atoms with Crippen molar-refractivity contribution in [3.8, 4) is 0 Å². The maximum Gasteiger partial charge on any atom is 0.163 e. The number of fused-ring (bicyclic) bond motifs is 1. The number of rotatable bonds is 2. The molecule has 1 saturated heterocycles. The van der Waals surface area contributed by atoms with E-state index >= 15 is 0 Å². The molecule has 1 atom stereocenters. The lowest BCUT2D eigenvalue weighted by Crippen LogP contribution is -2.21. The molecule has 8 heteroatoms.